The van der Waals surface area contributed by atoms with Gasteiger partial charge in [0.05, 0.1) is 22.8 Å². The minimum atomic E-state index is -0.653. The zero-order chi connectivity index (χ0) is 18.5. The number of fused-ring (bicyclic) bond motifs is 1. The first kappa shape index (κ1) is 17.6. The van der Waals surface area contributed by atoms with Crippen molar-refractivity contribution in [3.63, 3.8) is 0 Å². The fourth-order valence-corrected chi connectivity index (χ4v) is 3.55. The second-order valence-electron chi connectivity index (χ2n) is 7.79. The lowest BCUT2D eigenvalue weighted by atomic mass is 9.97. The lowest BCUT2D eigenvalue weighted by molar-refractivity contribution is 0.0394. The zero-order valence-electron chi connectivity index (χ0n) is 15.1. The van der Waals surface area contributed by atoms with E-state index in [0.29, 0.717) is 30.6 Å². The molecule has 0 aromatic heterocycles. The van der Waals surface area contributed by atoms with Gasteiger partial charge in [-0.1, -0.05) is 13.8 Å². The van der Waals surface area contributed by atoms with Gasteiger partial charge in [0.25, 0.3) is 17.7 Å². The van der Waals surface area contributed by atoms with Crippen LogP contribution in [0, 0.1) is 5.92 Å². The Bertz CT molecular complexity index is 754. The molecule has 1 saturated heterocycles. The zero-order valence-corrected chi connectivity index (χ0v) is 15.1. The fourth-order valence-electron chi connectivity index (χ4n) is 3.55. The molecule has 1 fully saturated rings. The predicted molar refractivity (Wildman–Crippen MR) is 92.4 cm³/mol. The monoisotopic (exact) mass is 344 g/mol. The second-order valence-corrected chi connectivity index (χ2v) is 7.79. The van der Waals surface area contributed by atoms with Crippen LogP contribution in [-0.4, -0.2) is 57.4 Å². The van der Waals surface area contributed by atoms with E-state index in [0.717, 1.165) is 0 Å². The van der Waals surface area contributed by atoms with E-state index in [1.54, 1.807) is 17.0 Å². The molecule has 6 nitrogen and oxygen atoms in total. The number of nitrogens with zero attached hydrogens (tertiary/aromatic N) is 2. The SMILES string of the molecule is CC(C)CN1C(=O)c2ccc(C(=O)N3CCC(O)C3(C)C)cc2C1=O. The molecule has 3 rings (SSSR count). The topological polar surface area (TPSA) is 77.9 Å². The summed E-state index contributed by atoms with van der Waals surface area (Å²) in [6.07, 6.45) is -0.0425. The molecule has 1 N–H and O–H groups in total. The molecular weight excluding hydrogens is 320 g/mol. The first-order chi connectivity index (χ1) is 11.6. The number of carbonyl (C=O) groups is 3. The molecule has 0 radical (unpaired) electrons. The quantitative estimate of drug-likeness (QED) is 0.850. The molecule has 3 amide bonds. The standard InChI is InChI=1S/C19H24N2O4/c1-11(2)10-20-17(24)13-6-5-12(9-14(13)18(20)25)16(23)21-8-7-15(22)19(21,3)4/h5-6,9,11,15,22H,7-8,10H2,1-4H3. The van der Waals surface area contributed by atoms with Crippen LogP contribution in [0.5, 0.6) is 0 Å². The molecule has 0 aliphatic carbocycles. The average Bonchev–Trinajstić information content (AvgIpc) is 2.95. The Kier molecular flexibility index (Phi) is 4.19. The number of aliphatic hydroxyl groups is 1. The third kappa shape index (κ3) is 2.74. The van der Waals surface area contributed by atoms with Gasteiger partial charge in [0, 0.05) is 18.7 Å². The third-order valence-corrected chi connectivity index (χ3v) is 5.15. The van der Waals surface area contributed by atoms with E-state index >= 15 is 0 Å². The van der Waals surface area contributed by atoms with Gasteiger partial charge in [-0.3, -0.25) is 19.3 Å². The van der Waals surface area contributed by atoms with Crippen molar-refractivity contribution in [2.45, 2.75) is 45.8 Å². The van der Waals surface area contributed by atoms with Gasteiger partial charge in [0.1, 0.15) is 0 Å². The molecule has 1 unspecified atom stereocenters. The second kappa shape index (κ2) is 5.95. The van der Waals surface area contributed by atoms with Crippen molar-refractivity contribution >= 4 is 17.7 Å². The van der Waals surface area contributed by atoms with Crippen LogP contribution in [0.25, 0.3) is 0 Å². The molecule has 0 spiro atoms. The lowest BCUT2D eigenvalue weighted by Crippen LogP contribution is -2.48. The number of rotatable bonds is 3. The van der Waals surface area contributed by atoms with Gasteiger partial charge in [-0.2, -0.15) is 0 Å². The summed E-state index contributed by atoms with van der Waals surface area (Å²) >= 11 is 0. The molecule has 25 heavy (non-hydrogen) atoms. The number of hydrogen-bond acceptors (Lipinski definition) is 4. The molecule has 134 valence electrons. The van der Waals surface area contributed by atoms with Crippen LogP contribution in [0.2, 0.25) is 0 Å². The average molecular weight is 344 g/mol. The minimum Gasteiger partial charge on any atom is -0.391 e. The number of likely N-dealkylation sites (tertiary alicyclic amines) is 1. The molecule has 2 aliphatic rings. The first-order valence-electron chi connectivity index (χ1n) is 8.65. The van der Waals surface area contributed by atoms with Gasteiger partial charge in [0.15, 0.2) is 0 Å². The maximum Gasteiger partial charge on any atom is 0.261 e. The summed E-state index contributed by atoms with van der Waals surface area (Å²) in [5, 5.41) is 10.1. The molecule has 0 saturated carbocycles. The lowest BCUT2D eigenvalue weighted by Gasteiger charge is -2.33. The van der Waals surface area contributed by atoms with Crippen LogP contribution in [0.4, 0.5) is 0 Å². The summed E-state index contributed by atoms with van der Waals surface area (Å²) in [5.74, 6) is -0.698. The van der Waals surface area contributed by atoms with Gasteiger partial charge >= 0.3 is 0 Å². The van der Waals surface area contributed by atoms with Crippen LogP contribution in [0.3, 0.4) is 0 Å². The van der Waals surface area contributed by atoms with E-state index in [2.05, 4.69) is 0 Å². The van der Waals surface area contributed by atoms with Crippen LogP contribution in [-0.2, 0) is 0 Å². The van der Waals surface area contributed by atoms with E-state index in [-0.39, 0.29) is 29.2 Å². The Morgan fingerprint density at radius 2 is 1.88 bits per heavy atom. The number of hydrogen-bond donors (Lipinski definition) is 1. The van der Waals surface area contributed by atoms with Gasteiger partial charge in [-0.05, 0) is 44.4 Å². The Morgan fingerprint density at radius 3 is 2.44 bits per heavy atom. The van der Waals surface area contributed by atoms with Gasteiger partial charge in [0.2, 0.25) is 0 Å². The van der Waals surface area contributed by atoms with Crippen LogP contribution < -0.4 is 0 Å². The summed E-state index contributed by atoms with van der Waals surface area (Å²) in [7, 11) is 0. The van der Waals surface area contributed by atoms with E-state index in [1.165, 1.54) is 11.0 Å². The van der Waals surface area contributed by atoms with Gasteiger partial charge in [-0.15, -0.1) is 0 Å². The summed E-state index contributed by atoms with van der Waals surface area (Å²) in [5.41, 5.74) is 0.352. The molecule has 1 aromatic rings. The Balaban J connectivity index is 1.91. The number of imide groups is 1. The minimum absolute atomic E-state index is 0.176. The van der Waals surface area contributed by atoms with Crippen molar-refractivity contribution in [1.29, 1.82) is 0 Å². The van der Waals surface area contributed by atoms with Crippen LogP contribution >= 0.6 is 0 Å². The normalized spacial score (nSPS) is 22.1. The van der Waals surface area contributed by atoms with Crippen LogP contribution in [0.1, 0.15) is 65.2 Å². The van der Waals surface area contributed by atoms with Crippen molar-refractivity contribution in [3.8, 4) is 0 Å². The van der Waals surface area contributed by atoms with E-state index in [1.807, 2.05) is 27.7 Å². The van der Waals surface area contributed by atoms with Gasteiger partial charge in [-0.25, -0.2) is 0 Å². The molecule has 1 aromatic carbocycles. The van der Waals surface area contributed by atoms with Crippen molar-refractivity contribution < 1.29 is 19.5 Å². The predicted octanol–water partition coefficient (Wildman–Crippen LogP) is 1.92. The molecule has 2 heterocycles. The molecule has 2 aliphatic heterocycles. The maximum atomic E-state index is 12.9. The molecule has 1 atom stereocenters. The fraction of sp³-hybridized carbons (Fsp3) is 0.526. The van der Waals surface area contributed by atoms with Crippen LogP contribution in [0.15, 0.2) is 18.2 Å². The molecular formula is C19H24N2O4. The van der Waals surface area contributed by atoms with E-state index in [4.69, 9.17) is 0 Å². The highest BCUT2D eigenvalue weighted by Gasteiger charge is 2.43. The third-order valence-electron chi connectivity index (χ3n) is 5.15. The van der Waals surface area contributed by atoms with Crippen molar-refractivity contribution in [1.82, 2.24) is 9.80 Å². The van der Waals surface area contributed by atoms with Crippen molar-refractivity contribution in [2.24, 2.45) is 5.92 Å². The summed E-state index contributed by atoms with van der Waals surface area (Å²) in [6.45, 7) is 8.37. The van der Waals surface area contributed by atoms with E-state index < -0.39 is 11.6 Å². The number of amides is 3. The largest absolute Gasteiger partial charge is 0.391 e. The summed E-state index contributed by atoms with van der Waals surface area (Å²) in [4.78, 5) is 40.7. The smallest absolute Gasteiger partial charge is 0.261 e. The maximum absolute atomic E-state index is 12.9. The molecule has 0 bridgehead atoms. The Hall–Kier alpha value is -2.21. The van der Waals surface area contributed by atoms with E-state index in [9.17, 15) is 19.5 Å². The number of carbonyl (C=O) groups excluding carboxylic acids is 3. The Labute approximate surface area is 147 Å². The number of aliphatic hydroxyl groups excluding tert-OH is 1. The first-order valence-corrected chi connectivity index (χ1v) is 8.65. The number of benzene rings is 1. The highest BCUT2D eigenvalue weighted by Crippen LogP contribution is 2.31. The van der Waals surface area contributed by atoms with Crippen molar-refractivity contribution in [2.75, 3.05) is 13.1 Å². The highest BCUT2D eigenvalue weighted by molar-refractivity contribution is 6.22. The molecule has 6 heteroatoms. The summed E-state index contributed by atoms with van der Waals surface area (Å²) < 4.78 is 0. The summed E-state index contributed by atoms with van der Waals surface area (Å²) in [6, 6.07) is 4.66. The highest BCUT2D eigenvalue weighted by atomic mass is 16.3. The van der Waals surface area contributed by atoms with Crippen molar-refractivity contribution in [3.05, 3.63) is 34.9 Å². The Morgan fingerprint density at radius 1 is 1.24 bits per heavy atom. The van der Waals surface area contributed by atoms with Gasteiger partial charge < -0.3 is 10.0 Å².